The Morgan fingerprint density at radius 3 is 2.95 bits per heavy atom. The molecule has 124 valence electrons. The Morgan fingerprint density at radius 1 is 1.45 bits per heavy atom. The lowest BCUT2D eigenvalue weighted by atomic mass is 10.2. The highest BCUT2D eigenvalue weighted by Crippen LogP contribution is 2.28. The van der Waals surface area contributed by atoms with E-state index >= 15 is 0 Å². The van der Waals surface area contributed by atoms with Gasteiger partial charge in [-0.2, -0.15) is 0 Å². The summed E-state index contributed by atoms with van der Waals surface area (Å²) >= 11 is 1.78. The van der Waals surface area contributed by atoms with Crippen LogP contribution in [-0.4, -0.2) is 31.8 Å². The van der Waals surface area contributed by atoms with Crippen LogP contribution in [0.25, 0.3) is 0 Å². The molecule has 22 heavy (non-hydrogen) atoms. The molecule has 1 aliphatic carbocycles. The average molecular weight is 435 g/mol. The van der Waals surface area contributed by atoms with Crippen molar-refractivity contribution in [2.45, 2.75) is 44.8 Å². The zero-order chi connectivity index (χ0) is 14.5. The molecule has 1 saturated heterocycles. The predicted octanol–water partition coefficient (Wildman–Crippen LogP) is 3.55. The maximum absolute atomic E-state index is 5.68. The lowest BCUT2D eigenvalue weighted by Crippen LogP contribution is -2.42. The van der Waals surface area contributed by atoms with Crippen LogP contribution in [0.2, 0.25) is 0 Å². The van der Waals surface area contributed by atoms with Crippen molar-refractivity contribution < 1.29 is 4.74 Å². The van der Waals surface area contributed by atoms with E-state index in [2.05, 4.69) is 35.1 Å². The van der Waals surface area contributed by atoms with Crippen LogP contribution < -0.4 is 10.6 Å². The topological polar surface area (TPSA) is 45.7 Å². The summed E-state index contributed by atoms with van der Waals surface area (Å²) in [5, 5.41) is 9.10. The molecule has 6 heteroatoms. The van der Waals surface area contributed by atoms with E-state index in [1.807, 2.05) is 0 Å². The molecule has 0 spiro atoms. The van der Waals surface area contributed by atoms with E-state index in [1.54, 1.807) is 11.3 Å². The number of rotatable bonds is 6. The highest BCUT2D eigenvalue weighted by molar-refractivity contribution is 14.0. The Hall–Kier alpha value is -0.340. The molecule has 0 aromatic carbocycles. The molecule has 4 nitrogen and oxygen atoms in total. The molecule has 1 aromatic rings. The molecular formula is C16H26IN3OS. The molecule has 2 fully saturated rings. The highest BCUT2D eigenvalue weighted by Gasteiger charge is 2.21. The van der Waals surface area contributed by atoms with E-state index in [-0.39, 0.29) is 24.0 Å². The van der Waals surface area contributed by atoms with Gasteiger partial charge in [0.1, 0.15) is 0 Å². The molecule has 0 amide bonds. The van der Waals surface area contributed by atoms with Crippen molar-refractivity contribution in [2.24, 2.45) is 10.9 Å². The van der Waals surface area contributed by atoms with Crippen molar-refractivity contribution in [3.05, 3.63) is 22.4 Å². The normalized spacial score (nSPS) is 23.0. The molecule has 2 atom stereocenters. The number of nitrogens with zero attached hydrogens (tertiary/aromatic N) is 1. The first-order valence-electron chi connectivity index (χ1n) is 8.01. The molecule has 2 unspecified atom stereocenters. The van der Waals surface area contributed by atoms with Gasteiger partial charge in [0, 0.05) is 24.6 Å². The maximum Gasteiger partial charge on any atom is 0.191 e. The summed E-state index contributed by atoms with van der Waals surface area (Å²) in [6.07, 6.45) is 5.35. The predicted molar refractivity (Wildman–Crippen MR) is 103 cm³/mol. The van der Waals surface area contributed by atoms with E-state index in [0.29, 0.717) is 12.1 Å². The zero-order valence-corrected chi connectivity index (χ0v) is 16.2. The Morgan fingerprint density at radius 2 is 2.32 bits per heavy atom. The van der Waals surface area contributed by atoms with Crippen molar-refractivity contribution in [3.63, 3.8) is 0 Å². The molecule has 0 bridgehead atoms. The number of ether oxygens (including phenoxy) is 1. The number of guanidine groups is 1. The first-order chi connectivity index (χ1) is 10.3. The van der Waals surface area contributed by atoms with Crippen LogP contribution in [0.15, 0.2) is 22.5 Å². The number of halogens is 1. The smallest absolute Gasteiger partial charge is 0.191 e. The first-order valence-corrected chi connectivity index (χ1v) is 8.89. The molecule has 1 saturated carbocycles. The van der Waals surface area contributed by atoms with Gasteiger partial charge in [0.2, 0.25) is 0 Å². The number of nitrogens with one attached hydrogen (secondary N) is 2. The van der Waals surface area contributed by atoms with Gasteiger partial charge in [-0.15, -0.1) is 35.3 Å². The average Bonchev–Trinajstić information content (AvgIpc) is 2.97. The summed E-state index contributed by atoms with van der Waals surface area (Å²) in [6, 6.07) is 4.56. The summed E-state index contributed by atoms with van der Waals surface area (Å²) < 4.78 is 5.68. The van der Waals surface area contributed by atoms with Crippen LogP contribution in [0.5, 0.6) is 0 Å². The Kier molecular flexibility index (Phi) is 7.43. The van der Waals surface area contributed by atoms with Gasteiger partial charge in [-0.05, 0) is 50.0 Å². The van der Waals surface area contributed by atoms with E-state index in [4.69, 9.17) is 9.73 Å². The van der Waals surface area contributed by atoms with Gasteiger partial charge < -0.3 is 15.4 Å². The summed E-state index contributed by atoms with van der Waals surface area (Å²) in [6.45, 7) is 4.89. The lowest BCUT2D eigenvalue weighted by molar-refractivity contribution is 0.113. The summed E-state index contributed by atoms with van der Waals surface area (Å²) in [7, 11) is 0. The van der Waals surface area contributed by atoms with E-state index in [1.165, 1.54) is 24.1 Å². The van der Waals surface area contributed by atoms with Gasteiger partial charge in [-0.25, -0.2) is 0 Å². The van der Waals surface area contributed by atoms with Gasteiger partial charge in [0.05, 0.1) is 12.1 Å². The summed E-state index contributed by atoms with van der Waals surface area (Å²) in [5.74, 6) is 1.74. The molecular weight excluding hydrogens is 409 g/mol. The summed E-state index contributed by atoms with van der Waals surface area (Å²) in [4.78, 5) is 6.08. The third-order valence-corrected chi connectivity index (χ3v) is 5.10. The van der Waals surface area contributed by atoms with Crippen molar-refractivity contribution in [1.82, 2.24) is 10.6 Å². The number of aliphatic imine (C=N–C) groups is 1. The Labute approximate surface area is 154 Å². The summed E-state index contributed by atoms with van der Waals surface area (Å²) in [5.41, 5.74) is 0. The second-order valence-electron chi connectivity index (χ2n) is 6.03. The van der Waals surface area contributed by atoms with E-state index in [0.717, 1.165) is 38.0 Å². The second kappa shape index (κ2) is 9.08. The van der Waals surface area contributed by atoms with Crippen LogP contribution in [-0.2, 0) is 4.74 Å². The molecule has 0 radical (unpaired) electrons. The van der Waals surface area contributed by atoms with E-state index < -0.39 is 0 Å². The fourth-order valence-corrected chi connectivity index (χ4v) is 3.24. The van der Waals surface area contributed by atoms with Crippen LogP contribution in [0.4, 0.5) is 0 Å². The van der Waals surface area contributed by atoms with Crippen molar-refractivity contribution in [3.8, 4) is 0 Å². The molecule has 2 aliphatic rings. The SMILES string of the molecule is CC(NC(=NCC1CC1)NCC1CCCO1)c1cccs1.I. The van der Waals surface area contributed by atoms with Gasteiger partial charge in [0.15, 0.2) is 5.96 Å². The third-order valence-electron chi connectivity index (χ3n) is 4.05. The van der Waals surface area contributed by atoms with Gasteiger partial charge in [0.25, 0.3) is 0 Å². The highest BCUT2D eigenvalue weighted by atomic mass is 127. The van der Waals surface area contributed by atoms with Gasteiger partial charge >= 0.3 is 0 Å². The minimum absolute atomic E-state index is 0. The fourth-order valence-electron chi connectivity index (χ4n) is 2.50. The fraction of sp³-hybridized carbons (Fsp3) is 0.688. The Bertz CT molecular complexity index is 456. The van der Waals surface area contributed by atoms with Crippen molar-refractivity contribution in [2.75, 3.05) is 19.7 Å². The van der Waals surface area contributed by atoms with Crippen LogP contribution in [0, 0.1) is 5.92 Å². The van der Waals surface area contributed by atoms with E-state index in [9.17, 15) is 0 Å². The number of thiophene rings is 1. The van der Waals surface area contributed by atoms with Gasteiger partial charge in [-0.3, -0.25) is 4.99 Å². The molecule has 3 rings (SSSR count). The Balaban J connectivity index is 0.00000176. The van der Waals surface area contributed by atoms with Crippen molar-refractivity contribution in [1.29, 1.82) is 0 Å². The largest absolute Gasteiger partial charge is 0.376 e. The number of hydrogen-bond acceptors (Lipinski definition) is 3. The first kappa shape index (κ1) is 18.0. The minimum atomic E-state index is 0. The molecule has 2 N–H and O–H groups in total. The number of hydrogen-bond donors (Lipinski definition) is 2. The standard InChI is InChI=1S/C16H25N3OS.HI/c1-12(15-5-3-9-21-15)19-16(17-10-13-6-7-13)18-11-14-4-2-8-20-14;/h3,5,9,12-14H,2,4,6-8,10-11H2,1H3,(H2,17,18,19);1H. The van der Waals surface area contributed by atoms with Crippen molar-refractivity contribution >= 4 is 41.3 Å². The van der Waals surface area contributed by atoms with Crippen LogP contribution >= 0.6 is 35.3 Å². The zero-order valence-electron chi connectivity index (χ0n) is 13.1. The molecule has 1 aliphatic heterocycles. The molecule has 2 heterocycles. The van der Waals surface area contributed by atoms with Crippen LogP contribution in [0.3, 0.4) is 0 Å². The monoisotopic (exact) mass is 435 g/mol. The third kappa shape index (κ3) is 5.70. The molecule has 1 aromatic heterocycles. The van der Waals surface area contributed by atoms with Crippen LogP contribution in [0.1, 0.15) is 43.5 Å². The second-order valence-corrected chi connectivity index (χ2v) is 7.01. The lowest BCUT2D eigenvalue weighted by Gasteiger charge is -2.19. The minimum Gasteiger partial charge on any atom is -0.376 e. The van der Waals surface area contributed by atoms with Gasteiger partial charge in [-0.1, -0.05) is 6.07 Å². The quantitative estimate of drug-likeness (QED) is 0.408. The maximum atomic E-state index is 5.68.